The zero-order valence-corrected chi connectivity index (χ0v) is 12.7. The van der Waals surface area contributed by atoms with E-state index in [1.165, 1.54) is 0 Å². The van der Waals surface area contributed by atoms with Gasteiger partial charge in [0, 0.05) is 18.8 Å². The molecule has 1 unspecified atom stereocenters. The van der Waals surface area contributed by atoms with Gasteiger partial charge in [-0.25, -0.2) is 0 Å². The molecule has 1 rings (SSSR count). The molecular formula is C16H26N2O2. The summed E-state index contributed by atoms with van der Waals surface area (Å²) in [7, 11) is 0. The third-order valence-electron chi connectivity index (χ3n) is 3.45. The largest absolute Gasteiger partial charge is 0.480 e. The van der Waals surface area contributed by atoms with Crippen molar-refractivity contribution in [2.75, 3.05) is 24.5 Å². The first-order chi connectivity index (χ1) is 9.53. The number of nitrogens with zero attached hydrogens (tertiary/aromatic N) is 1. The monoisotopic (exact) mass is 278 g/mol. The van der Waals surface area contributed by atoms with Crippen LogP contribution in [0.1, 0.15) is 33.6 Å². The molecular weight excluding hydrogens is 252 g/mol. The number of carbonyl (C=O) groups is 1. The fourth-order valence-electron chi connectivity index (χ4n) is 2.26. The topological polar surface area (TPSA) is 52.6 Å². The van der Waals surface area contributed by atoms with Crippen LogP contribution in [0, 0.1) is 0 Å². The van der Waals surface area contributed by atoms with Gasteiger partial charge in [0.05, 0.1) is 0 Å². The van der Waals surface area contributed by atoms with E-state index in [1.54, 1.807) is 6.92 Å². The lowest BCUT2D eigenvalue weighted by atomic mass is 10.0. The van der Waals surface area contributed by atoms with Crippen LogP contribution in [0.4, 0.5) is 5.69 Å². The number of nitrogens with one attached hydrogen (secondary N) is 1. The minimum atomic E-state index is -0.932. The van der Waals surface area contributed by atoms with Crippen LogP contribution < -0.4 is 10.2 Å². The summed E-state index contributed by atoms with van der Waals surface area (Å²) in [6.45, 7) is 7.79. The number of para-hydroxylation sites is 1. The number of carboxylic acid groups (broad SMARTS) is 1. The van der Waals surface area contributed by atoms with E-state index in [0.29, 0.717) is 13.1 Å². The molecule has 0 aromatic heterocycles. The van der Waals surface area contributed by atoms with Crippen LogP contribution in [0.2, 0.25) is 0 Å². The standard InChI is InChI=1S/C16H26N2O2/c1-4-6-12-18(14-10-8-7-9-11-14)13-16(3,15(19)20)17-5-2/h7-11,17H,4-6,12-13H2,1-3H3,(H,19,20). The average Bonchev–Trinajstić information content (AvgIpc) is 2.44. The van der Waals surface area contributed by atoms with Crippen LogP contribution in [0.5, 0.6) is 0 Å². The molecule has 112 valence electrons. The van der Waals surface area contributed by atoms with Crippen LogP contribution in [0.25, 0.3) is 0 Å². The first-order valence-electron chi connectivity index (χ1n) is 7.32. The third-order valence-corrected chi connectivity index (χ3v) is 3.45. The van der Waals surface area contributed by atoms with E-state index in [4.69, 9.17) is 0 Å². The number of carboxylic acids is 1. The number of likely N-dealkylation sites (N-methyl/N-ethyl adjacent to an activating group) is 1. The lowest BCUT2D eigenvalue weighted by molar-refractivity contribution is -0.143. The van der Waals surface area contributed by atoms with E-state index >= 15 is 0 Å². The number of unbranched alkanes of at least 4 members (excludes halogenated alkanes) is 1. The van der Waals surface area contributed by atoms with Crippen LogP contribution in [-0.2, 0) is 4.79 Å². The average molecular weight is 278 g/mol. The lowest BCUT2D eigenvalue weighted by Gasteiger charge is -2.34. The number of hydrogen-bond donors (Lipinski definition) is 2. The molecule has 0 amide bonds. The smallest absolute Gasteiger partial charge is 0.325 e. The molecule has 1 aromatic rings. The highest BCUT2D eigenvalue weighted by atomic mass is 16.4. The van der Waals surface area contributed by atoms with Crippen LogP contribution in [0.15, 0.2) is 30.3 Å². The van der Waals surface area contributed by atoms with Crippen molar-refractivity contribution in [3.05, 3.63) is 30.3 Å². The van der Waals surface area contributed by atoms with Gasteiger partial charge in [0.1, 0.15) is 5.54 Å². The van der Waals surface area contributed by atoms with Crippen molar-refractivity contribution in [2.45, 2.75) is 39.2 Å². The van der Waals surface area contributed by atoms with Crippen LogP contribution >= 0.6 is 0 Å². The molecule has 1 atom stereocenters. The zero-order valence-electron chi connectivity index (χ0n) is 12.7. The van der Waals surface area contributed by atoms with Gasteiger partial charge in [-0.05, 0) is 32.0 Å². The second-order valence-electron chi connectivity index (χ2n) is 5.28. The van der Waals surface area contributed by atoms with Gasteiger partial charge >= 0.3 is 5.97 Å². The van der Waals surface area contributed by atoms with E-state index in [-0.39, 0.29) is 0 Å². The Bertz CT molecular complexity index is 408. The van der Waals surface area contributed by atoms with Crippen molar-refractivity contribution >= 4 is 11.7 Å². The summed E-state index contributed by atoms with van der Waals surface area (Å²) < 4.78 is 0. The molecule has 0 aliphatic heterocycles. The van der Waals surface area contributed by atoms with Crippen molar-refractivity contribution in [1.82, 2.24) is 5.32 Å². The van der Waals surface area contributed by atoms with E-state index in [9.17, 15) is 9.90 Å². The molecule has 0 aliphatic rings. The number of hydrogen-bond acceptors (Lipinski definition) is 3. The zero-order chi connectivity index (χ0) is 15.0. The molecule has 4 heteroatoms. The number of benzene rings is 1. The maximum Gasteiger partial charge on any atom is 0.325 e. The lowest BCUT2D eigenvalue weighted by Crippen LogP contribution is -2.57. The van der Waals surface area contributed by atoms with E-state index in [1.807, 2.05) is 37.3 Å². The van der Waals surface area contributed by atoms with Gasteiger partial charge < -0.3 is 15.3 Å². The van der Waals surface area contributed by atoms with Crippen molar-refractivity contribution < 1.29 is 9.90 Å². The molecule has 0 fully saturated rings. The predicted molar refractivity (Wildman–Crippen MR) is 83.3 cm³/mol. The molecule has 0 saturated heterocycles. The quantitative estimate of drug-likeness (QED) is 0.729. The SMILES string of the molecule is CCCCN(CC(C)(NCC)C(=O)O)c1ccccc1. The molecule has 1 aromatic carbocycles. The Morgan fingerprint density at radius 3 is 2.45 bits per heavy atom. The number of aliphatic carboxylic acids is 1. The Morgan fingerprint density at radius 2 is 1.95 bits per heavy atom. The number of rotatable bonds is 9. The fourth-order valence-corrected chi connectivity index (χ4v) is 2.26. The van der Waals surface area contributed by atoms with Gasteiger partial charge in [0.25, 0.3) is 0 Å². The fraction of sp³-hybridized carbons (Fsp3) is 0.562. The highest BCUT2D eigenvalue weighted by molar-refractivity contribution is 5.79. The molecule has 0 spiro atoms. The predicted octanol–water partition coefficient (Wildman–Crippen LogP) is 2.75. The molecule has 0 radical (unpaired) electrons. The Kier molecular flexibility index (Phi) is 6.52. The molecule has 2 N–H and O–H groups in total. The molecule has 20 heavy (non-hydrogen) atoms. The Balaban J connectivity index is 2.91. The van der Waals surface area contributed by atoms with Crippen molar-refractivity contribution in [3.63, 3.8) is 0 Å². The first kappa shape index (κ1) is 16.5. The Hall–Kier alpha value is -1.55. The highest BCUT2D eigenvalue weighted by Crippen LogP contribution is 2.18. The summed E-state index contributed by atoms with van der Waals surface area (Å²) >= 11 is 0. The van der Waals surface area contributed by atoms with Gasteiger partial charge in [0.15, 0.2) is 0 Å². The van der Waals surface area contributed by atoms with Gasteiger partial charge in [-0.1, -0.05) is 38.5 Å². The summed E-state index contributed by atoms with van der Waals surface area (Å²) in [6, 6.07) is 10.0. The van der Waals surface area contributed by atoms with E-state index in [0.717, 1.165) is 25.1 Å². The van der Waals surface area contributed by atoms with Crippen molar-refractivity contribution in [3.8, 4) is 0 Å². The summed E-state index contributed by atoms with van der Waals surface area (Å²) in [6.07, 6.45) is 2.14. The minimum Gasteiger partial charge on any atom is -0.480 e. The summed E-state index contributed by atoms with van der Waals surface area (Å²) in [5.74, 6) is -0.809. The van der Waals surface area contributed by atoms with Gasteiger partial charge in [-0.3, -0.25) is 4.79 Å². The third kappa shape index (κ3) is 4.53. The van der Waals surface area contributed by atoms with E-state index < -0.39 is 11.5 Å². The summed E-state index contributed by atoms with van der Waals surface area (Å²) in [5.41, 5.74) is 0.143. The van der Waals surface area contributed by atoms with Crippen LogP contribution in [0.3, 0.4) is 0 Å². The second kappa shape index (κ2) is 7.90. The van der Waals surface area contributed by atoms with Crippen LogP contribution in [-0.4, -0.2) is 36.2 Å². The minimum absolute atomic E-state index is 0.459. The second-order valence-corrected chi connectivity index (χ2v) is 5.28. The van der Waals surface area contributed by atoms with E-state index in [2.05, 4.69) is 17.1 Å². The Labute approximate surface area is 121 Å². The molecule has 0 heterocycles. The number of anilines is 1. The maximum absolute atomic E-state index is 11.6. The van der Waals surface area contributed by atoms with Crippen molar-refractivity contribution in [2.24, 2.45) is 0 Å². The molecule has 0 aliphatic carbocycles. The summed E-state index contributed by atoms with van der Waals surface area (Å²) in [5, 5.41) is 12.6. The highest BCUT2D eigenvalue weighted by Gasteiger charge is 2.34. The van der Waals surface area contributed by atoms with Gasteiger partial charge in [0.2, 0.25) is 0 Å². The normalized spacial score (nSPS) is 13.8. The Morgan fingerprint density at radius 1 is 1.30 bits per heavy atom. The van der Waals surface area contributed by atoms with Gasteiger partial charge in [-0.2, -0.15) is 0 Å². The molecule has 0 saturated carbocycles. The first-order valence-corrected chi connectivity index (χ1v) is 7.32. The summed E-state index contributed by atoms with van der Waals surface area (Å²) in [4.78, 5) is 13.7. The molecule has 4 nitrogen and oxygen atoms in total. The maximum atomic E-state index is 11.6. The van der Waals surface area contributed by atoms with Crippen molar-refractivity contribution in [1.29, 1.82) is 0 Å². The van der Waals surface area contributed by atoms with Gasteiger partial charge in [-0.15, -0.1) is 0 Å². The molecule has 0 bridgehead atoms.